The van der Waals surface area contributed by atoms with Crippen LogP contribution < -0.4 is 5.32 Å². The molecule has 0 spiro atoms. The number of rotatable bonds is 4. The first-order valence-electron chi connectivity index (χ1n) is 5.93. The molecule has 1 aromatic rings. The zero-order valence-electron chi connectivity index (χ0n) is 9.58. The van der Waals surface area contributed by atoms with E-state index >= 15 is 0 Å². The van der Waals surface area contributed by atoms with Gasteiger partial charge in [-0.15, -0.1) is 11.8 Å². The Balaban J connectivity index is 1.84. The lowest BCUT2D eigenvalue weighted by molar-refractivity contribution is 0.543. The summed E-state index contributed by atoms with van der Waals surface area (Å²) in [5.41, 5.74) is 0. The van der Waals surface area contributed by atoms with E-state index in [9.17, 15) is 0 Å². The predicted octanol–water partition coefficient (Wildman–Crippen LogP) is 4.07. The first-order chi connectivity index (χ1) is 7.78. The van der Waals surface area contributed by atoms with Gasteiger partial charge < -0.3 is 5.32 Å². The van der Waals surface area contributed by atoms with Crippen molar-refractivity contribution in [1.82, 2.24) is 5.32 Å². The molecule has 0 amide bonds. The Hall–Kier alpha value is 0.01000. The van der Waals surface area contributed by atoms with E-state index in [1.54, 1.807) is 0 Å². The van der Waals surface area contributed by atoms with Crippen molar-refractivity contribution in [1.29, 1.82) is 0 Å². The molecule has 88 valence electrons. The van der Waals surface area contributed by atoms with Crippen molar-refractivity contribution in [3.8, 4) is 0 Å². The quantitative estimate of drug-likeness (QED) is 0.899. The van der Waals surface area contributed by atoms with Crippen LogP contribution in [0.5, 0.6) is 0 Å². The Bertz CT molecular complexity index is 325. The molecule has 16 heavy (non-hydrogen) atoms. The van der Waals surface area contributed by atoms with Crippen LogP contribution in [0, 0.1) is 0 Å². The first kappa shape index (κ1) is 12.5. The Morgan fingerprint density at radius 3 is 2.75 bits per heavy atom. The maximum Gasteiger partial charge on any atom is 0.0176 e. The van der Waals surface area contributed by atoms with Gasteiger partial charge in [0.05, 0.1) is 0 Å². The molecule has 0 saturated heterocycles. The second-order valence-corrected chi connectivity index (χ2v) is 6.55. The summed E-state index contributed by atoms with van der Waals surface area (Å²) >= 11 is 5.50. The maximum absolute atomic E-state index is 3.55. The third-order valence-electron chi connectivity index (χ3n) is 2.99. The van der Waals surface area contributed by atoms with E-state index in [0.29, 0.717) is 0 Å². The van der Waals surface area contributed by atoms with Gasteiger partial charge in [-0.25, -0.2) is 0 Å². The highest BCUT2D eigenvalue weighted by Crippen LogP contribution is 2.35. The molecule has 2 atom stereocenters. The van der Waals surface area contributed by atoms with E-state index in [0.717, 1.165) is 22.3 Å². The summed E-state index contributed by atoms with van der Waals surface area (Å²) in [6.07, 6.45) is 4.00. The van der Waals surface area contributed by atoms with Gasteiger partial charge in [-0.05, 0) is 50.1 Å². The van der Waals surface area contributed by atoms with Gasteiger partial charge in [0.15, 0.2) is 0 Å². The average molecular weight is 300 g/mol. The maximum atomic E-state index is 3.55. The highest BCUT2D eigenvalue weighted by molar-refractivity contribution is 9.10. The summed E-state index contributed by atoms with van der Waals surface area (Å²) in [6, 6.07) is 9.40. The molecule has 2 rings (SSSR count). The van der Waals surface area contributed by atoms with Crippen molar-refractivity contribution in [3.63, 3.8) is 0 Å². The number of nitrogens with one attached hydrogen (secondary N) is 1. The first-order valence-corrected chi connectivity index (χ1v) is 7.61. The Kier molecular flexibility index (Phi) is 4.74. The molecule has 0 aliphatic heterocycles. The average Bonchev–Trinajstić information content (AvgIpc) is 2.70. The van der Waals surface area contributed by atoms with Gasteiger partial charge in [0.2, 0.25) is 0 Å². The molecule has 1 aliphatic carbocycles. The minimum atomic E-state index is 0.748. The molecule has 1 N–H and O–H groups in total. The lowest BCUT2D eigenvalue weighted by atomic mass is 10.2. The summed E-state index contributed by atoms with van der Waals surface area (Å²) in [6.45, 7) is 3.29. The fraction of sp³-hybridized carbons (Fsp3) is 0.538. The molecular formula is C13H18BrNS. The monoisotopic (exact) mass is 299 g/mol. The van der Waals surface area contributed by atoms with Crippen LogP contribution >= 0.6 is 27.7 Å². The van der Waals surface area contributed by atoms with Crippen LogP contribution in [0.3, 0.4) is 0 Å². The van der Waals surface area contributed by atoms with Crippen molar-refractivity contribution in [2.24, 2.45) is 0 Å². The van der Waals surface area contributed by atoms with Crippen LogP contribution in [0.25, 0.3) is 0 Å². The topological polar surface area (TPSA) is 12.0 Å². The highest BCUT2D eigenvalue weighted by Gasteiger charge is 2.24. The highest BCUT2D eigenvalue weighted by atomic mass is 79.9. The minimum Gasteiger partial charge on any atom is -0.314 e. The van der Waals surface area contributed by atoms with E-state index in [4.69, 9.17) is 0 Å². The van der Waals surface area contributed by atoms with Crippen LogP contribution in [-0.4, -0.2) is 17.8 Å². The Labute approximate surface area is 111 Å². The molecule has 0 heterocycles. The zero-order valence-corrected chi connectivity index (χ0v) is 12.0. The van der Waals surface area contributed by atoms with Crippen LogP contribution in [-0.2, 0) is 0 Å². The molecule has 0 aromatic heterocycles. The van der Waals surface area contributed by atoms with Crippen molar-refractivity contribution in [2.45, 2.75) is 42.4 Å². The van der Waals surface area contributed by atoms with Crippen molar-refractivity contribution in [2.75, 3.05) is 6.54 Å². The van der Waals surface area contributed by atoms with E-state index in [1.807, 2.05) is 11.8 Å². The second-order valence-electron chi connectivity index (χ2n) is 4.26. The van der Waals surface area contributed by atoms with Gasteiger partial charge in [0.1, 0.15) is 0 Å². The Morgan fingerprint density at radius 2 is 2.06 bits per heavy atom. The summed E-state index contributed by atoms with van der Waals surface area (Å²) < 4.78 is 1.16. The molecule has 0 radical (unpaired) electrons. The summed E-state index contributed by atoms with van der Waals surface area (Å²) in [5, 5.41) is 4.35. The fourth-order valence-electron chi connectivity index (χ4n) is 2.23. The van der Waals surface area contributed by atoms with E-state index in [2.05, 4.69) is 52.4 Å². The largest absolute Gasteiger partial charge is 0.314 e. The molecule has 1 aliphatic rings. The van der Waals surface area contributed by atoms with Gasteiger partial charge in [-0.1, -0.05) is 22.9 Å². The van der Waals surface area contributed by atoms with Crippen molar-refractivity contribution < 1.29 is 0 Å². The third kappa shape index (κ3) is 3.51. The van der Waals surface area contributed by atoms with Gasteiger partial charge in [0.25, 0.3) is 0 Å². The van der Waals surface area contributed by atoms with Crippen LogP contribution in [0.1, 0.15) is 26.2 Å². The SMILES string of the molecule is CCNC1CCC(Sc2ccc(Br)cc2)C1. The van der Waals surface area contributed by atoms with Crippen molar-refractivity contribution in [3.05, 3.63) is 28.7 Å². The zero-order chi connectivity index (χ0) is 11.4. The molecule has 0 bridgehead atoms. The lowest BCUT2D eigenvalue weighted by Crippen LogP contribution is -2.25. The number of benzene rings is 1. The molecule has 3 heteroatoms. The number of hydrogen-bond acceptors (Lipinski definition) is 2. The van der Waals surface area contributed by atoms with E-state index < -0.39 is 0 Å². The van der Waals surface area contributed by atoms with E-state index in [1.165, 1.54) is 24.2 Å². The normalized spacial score (nSPS) is 24.9. The number of thioether (sulfide) groups is 1. The number of hydrogen-bond donors (Lipinski definition) is 1. The predicted molar refractivity (Wildman–Crippen MR) is 75.1 cm³/mol. The summed E-state index contributed by atoms with van der Waals surface area (Å²) in [4.78, 5) is 1.39. The molecule has 1 aromatic carbocycles. The summed E-state index contributed by atoms with van der Waals surface area (Å²) in [7, 11) is 0. The molecule has 2 unspecified atom stereocenters. The van der Waals surface area contributed by atoms with Crippen LogP contribution in [0.4, 0.5) is 0 Å². The minimum absolute atomic E-state index is 0.748. The standard InChI is InChI=1S/C13H18BrNS/c1-2-15-11-5-8-13(9-11)16-12-6-3-10(14)4-7-12/h3-4,6-7,11,13,15H,2,5,8-9H2,1H3. The van der Waals surface area contributed by atoms with Gasteiger partial charge in [0, 0.05) is 20.7 Å². The lowest BCUT2D eigenvalue weighted by Gasteiger charge is -2.11. The molecule has 1 saturated carbocycles. The fourth-order valence-corrected chi connectivity index (χ4v) is 3.75. The van der Waals surface area contributed by atoms with Crippen LogP contribution in [0.15, 0.2) is 33.6 Å². The van der Waals surface area contributed by atoms with Gasteiger partial charge >= 0.3 is 0 Å². The number of halogens is 1. The smallest absolute Gasteiger partial charge is 0.0176 e. The molecule has 1 fully saturated rings. The third-order valence-corrected chi connectivity index (χ3v) is 4.83. The van der Waals surface area contributed by atoms with Gasteiger partial charge in [-0.3, -0.25) is 0 Å². The van der Waals surface area contributed by atoms with Crippen LogP contribution in [0.2, 0.25) is 0 Å². The van der Waals surface area contributed by atoms with Crippen molar-refractivity contribution >= 4 is 27.7 Å². The summed E-state index contributed by atoms with van der Waals surface area (Å²) in [5.74, 6) is 0. The van der Waals surface area contributed by atoms with E-state index in [-0.39, 0.29) is 0 Å². The molecule has 1 nitrogen and oxygen atoms in total. The molecular weight excluding hydrogens is 282 g/mol. The Morgan fingerprint density at radius 1 is 1.31 bits per heavy atom. The second kappa shape index (κ2) is 6.08. The van der Waals surface area contributed by atoms with Gasteiger partial charge in [-0.2, -0.15) is 0 Å².